The first kappa shape index (κ1) is 30.8. The molecule has 40 heavy (non-hydrogen) atoms. The number of sulfonamides is 1. The van der Waals surface area contributed by atoms with E-state index >= 15 is 0 Å². The van der Waals surface area contributed by atoms with E-state index in [1.807, 2.05) is 12.1 Å². The molecule has 2 N–H and O–H groups in total. The zero-order chi connectivity index (χ0) is 29.5. The summed E-state index contributed by atoms with van der Waals surface area (Å²) in [5.74, 6) is -0.911. The zero-order valence-corrected chi connectivity index (χ0v) is 25.9. The molecule has 2 amide bonds. The molecule has 1 heterocycles. The number of nitrogens with zero attached hydrogens (tertiary/aromatic N) is 2. The van der Waals surface area contributed by atoms with Crippen molar-refractivity contribution in [2.45, 2.75) is 65.5 Å². The molecule has 224 valence electrons. The maximum absolute atomic E-state index is 13.9. The van der Waals surface area contributed by atoms with Gasteiger partial charge >= 0.3 is 0 Å². The molecule has 4 atom stereocenters. The van der Waals surface area contributed by atoms with Crippen LogP contribution in [0.15, 0.2) is 24.3 Å². The zero-order valence-electron chi connectivity index (χ0n) is 24.3. The summed E-state index contributed by atoms with van der Waals surface area (Å²) in [4.78, 5) is 27.4. The van der Waals surface area contributed by atoms with Gasteiger partial charge in [-0.1, -0.05) is 32.0 Å². The quantitative estimate of drug-likeness (QED) is 0.420. The third-order valence-corrected chi connectivity index (χ3v) is 12.8. The molecule has 3 fully saturated rings. The Hall–Kier alpha value is -2.18. The molecule has 1 aliphatic heterocycles. The fourth-order valence-electron chi connectivity index (χ4n) is 7.28. The normalized spacial score (nSPS) is 27.4. The molecule has 2 bridgehead atoms. The van der Waals surface area contributed by atoms with E-state index in [2.05, 4.69) is 48.4 Å². The van der Waals surface area contributed by atoms with Gasteiger partial charge in [-0.25, -0.2) is 16.8 Å². The highest BCUT2D eigenvalue weighted by molar-refractivity contribution is 7.90. The van der Waals surface area contributed by atoms with Gasteiger partial charge in [-0.15, -0.1) is 0 Å². The third kappa shape index (κ3) is 6.18. The standard InChI is InChI=1S/C28H44N4O6S2/c1-20-8-6-7-9-24(20)31-13-15-32(16-14-31)40(37,38)19-28-12-10-22(27(28,3)4)18-25(28)30-26(34)23(29-21(2)33)11-17-39(5,35)36/h6-9,22-23,25H,10-19H2,1-5H3,(H,29,33)(H,30,34)/t22?,23-,25?,28?/m0/s1. The van der Waals surface area contributed by atoms with E-state index in [9.17, 15) is 26.4 Å². The van der Waals surface area contributed by atoms with E-state index in [1.165, 1.54) is 6.92 Å². The Bertz CT molecular complexity index is 1340. The number of para-hydroxylation sites is 1. The highest BCUT2D eigenvalue weighted by atomic mass is 32.2. The molecule has 0 radical (unpaired) electrons. The van der Waals surface area contributed by atoms with Crippen molar-refractivity contribution in [3.63, 3.8) is 0 Å². The molecule has 2 aliphatic carbocycles. The lowest BCUT2D eigenvalue weighted by Gasteiger charge is -2.44. The first-order valence-electron chi connectivity index (χ1n) is 14.1. The molecular formula is C28H44N4O6S2. The number of aryl methyl sites for hydroxylation is 1. The molecule has 0 aromatic heterocycles. The number of amides is 2. The summed E-state index contributed by atoms with van der Waals surface area (Å²) >= 11 is 0. The van der Waals surface area contributed by atoms with Gasteiger partial charge < -0.3 is 15.5 Å². The van der Waals surface area contributed by atoms with Crippen molar-refractivity contribution in [3.05, 3.63) is 29.8 Å². The molecule has 12 heteroatoms. The lowest BCUT2D eigenvalue weighted by atomic mass is 9.69. The Morgan fingerprint density at radius 3 is 2.30 bits per heavy atom. The number of hydrogen-bond donors (Lipinski definition) is 2. The van der Waals surface area contributed by atoms with Crippen molar-refractivity contribution < 1.29 is 26.4 Å². The van der Waals surface area contributed by atoms with Crippen molar-refractivity contribution in [3.8, 4) is 0 Å². The predicted octanol–water partition coefficient (Wildman–Crippen LogP) is 1.70. The van der Waals surface area contributed by atoms with Gasteiger partial charge in [0.1, 0.15) is 15.9 Å². The SMILES string of the molecule is CC(=O)N[C@@H](CCS(C)(=O)=O)C(=O)NC1CC2CCC1(CS(=O)(=O)N1CCN(c3ccccc3C)CC1)C2(C)C. The van der Waals surface area contributed by atoms with Crippen LogP contribution in [0, 0.1) is 23.7 Å². The number of carbonyl (C=O) groups excluding carboxylic acids is 2. The number of piperazine rings is 1. The lowest BCUT2D eigenvalue weighted by Crippen LogP contribution is -2.58. The Kier molecular flexibility index (Phi) is 8.65. The number of anilines is 1. The molecule has 1 saturated heterocycles. The Labute approximate surface area is 239 Å². The Morgan fingerprint density at radius 1 is 1.07 bits per heavy atom. The molecule has 2 saturated carbocycles. The number of nitrogens with one attached hydrogen (secondary N) is 2. The van der Waals surface area contributed by atoms with Gasteiger partial charge in [0.05, 0.1) is 11.5 Å². The Balaban J connectivity index is 1.50. The van der Waals surface area contributed by atoms with Crippen molar-refractivity contribution in [1.29, 1.82) is 0 Å². The topological polar surface area (TPSA) is 133 Å². The van der Waals surface area contributed by atoms with Crippen LogP contribution in [0.5, 0.6) is 0 Å². The van der Waals surface area contributed by atoms with Crippen LogP contribution in [0.25, 0.3) is 0 Å². The molecule has 1 aromatic rings. The average molecular weight is 597 g/mol. The van der Waals surface area contributed by atoms with Gasteiger partial charge in [-0.3, -0.25) is 9.59 Å². The van der Waals surface area contributed by atoms with Crippen LogP contribution in [0.4, 0.5) is 5.69 Å². The fraction of sp³-hybridized carbons (Fsp3) is 0.714. The number of carbonyl (C=O) groups is 2. The average Bonchev–Trinajstić information content (AvgIpc) is 3.21. The highest BCUT2D eigenvalue weighted by Gasteiger charge is 2.66. The molecule has 4 rings (SSSR count). The van der Waals surface area contributed by atoms with Gasteiger partial charge in [0.25, 0.3) is 0 Å². The van der Waals surface area contributed by atoms with Crippen molar-refractivity contribution in [2.75, 3.05) is 48.8 Å². The number of sulfone groups is 1. The predicted molar refractivity (Wildman–Crippen MR) is 156 cm³/mol. The summed E-state index contributed by atoms with van der Waals surface area (Å²) in [6.45, 7) is 9.60. The minimum absolute atomic E-state index is 0.0414. The number of rotatable bonds is 10. The lowest BCUT2D eigenvalue weighted by molar-refractivity contribution is -0.129. The van der Waals surface area contributed by atoms with Crippen LogP contribution in [0.1, 0.15) is 52.0 Å². The van der Waals surface area contributed by atoms with Gasteiger partial charge in [-0.2, -0.15) is 4.31 Å². The van der Waals surface area contributed by atoms with Crippen molar-refractivity contribution in [2.24, 2.45) is 16.7 Å². The summed E-state index contributed by atoms with van der Waals surface area (Å²) in [7, 11) is -6.96. The minimum atomic E-state index is -3.63. The van der Waals surface area contributed by atoms with Gasteiger partial charge in [0, 0.05) is 56.5 Å². The maximum Gasteiger partial charge on any atom is 0.242 e. The fourth-order valence-corrected chi connectivity index (χ4v) is 10.2. The molecule has 3 unspecified atom stereocenters. The van der Waals surface area contributed by atoms with Gasteiger partial charge in [0.2, 0.25) is 21.8 Å². The summed E-state index contributed by atoms with van der Waals surface area (Å²) in [5, 5.41) is 5.65. The van der Waals surface area contributed by atoms with E-state index in [-0.39, 0.29) is 35.3 Å². The monoisotopic (exact) mass is 596 g/mol. The maximum atomic E-state index is 13.9. The second kappa shape index (κ2) is 11.2. The van der Waals surface area contributed by atoms with Crippen LogP contribution < -0.4 is 15.5 Å². The number of fused-ring (bicyclic) bond motifs is 2. The van der Waals surface area contributed by atoms with Gasteiger partial charge in [-0.05, 0) is 55.6 Å². The van der Waals surface area contributed by atoms with Crippen LogP contribution in [0.2, 0.25) is 0 Å². The van der Waals surface area contributed by atoms with E-state index in [0.29, 0.717) is 39.0 Å². The summed E-state index contributed by atoms with van der Waals surface area (Å²) in [6, 6.07) is 6.73. The third-order valence-electron chi connectivity index (χ3n) is 9.75. The second-order valence-electron chi connectivity index (χ2n) is 12.5. The van der Waals surface area contributed by atoms with E-state index in [0.717, 1.165) is 23.9 Å². The van der Waals surface area contributed by atoms with E-state index < -0.39 is 43.1 Å². The van der Waals surface area contributed by atoms with Crippen LogP contribution in [0.3, 0.4) is 0 Å². The largest absolute Gasteiger partial charge is 0.369 e. The molecule has 0 spiro atoms. The van der Waals surface area contributed by atoms with Gasteiger partial charge in [0.15, 0.2) is 0 Å². The van der Waals surface area contributed by atoms with E-state index in [1.54, 1.807) is 4.31 Å². The summed E-state index contributed by atoms with van der Waals surface area (Å²) < 4.78 is 52.9. The molecular weight excluding hydrogens is 552 g/mol. The first-order valence-corrected chi connectivity index (χ1v) is 17.8. The number of benzene rings is 1. The highest BCUT2D eigenvalue weighted by Crippen LogP contribution is 2.66. The minimum Gasteiger partial charge on any atom is -0.369 e. The summed E-state index contributed by atoms with van der Waals surface area (Å²) in [5.41, 5.74) is 1.32. The smallest absolute Gasteiger partial charge is 0.242 e. The van der Waals surface area contributed by atoms with Crippen LogP contribution in [-0.2, 0) is 29.4 Å². The Morgan fingerprint density at radius 2 is 1.73 bits per heavy atom. The molecule has 1 aromatic carbocycles. The second-order valence-corrected chi connectivity index (χ2v) is 16.7. The van der Waals surface area contributed by atoms with E-state index in [4.69, 9.17) is 0 Å². The molecule has 3 aliphatic rings. The van der Waals surface area contributed by atoms with Crippen molar-refractivity contribution in [1.82, 2.24) is 14.9 Å². The molecule has 10 nitrogen and oxygen atoms in total. The van der Waals surface area contributed by atoms with Crippen LogP contribution >= 0.6 is 0 Å². The first-order chi connectivity index (χ1) is 18.6. The van der Waals surface area contributed by atoms with Crippen molar-refractivity contribution >= 4 is 37.4 Å². The number of hydrogen-bond acceptors (Lipinski definition) is 7. The van der Waals surface area contributed by atoms with Crippen LogP contribution in [-0.4, -0.2) is 89.0 Å². The summed E-state index contributed by atoms with van der Waals surface area (Å²) in [6.07, 6.45) is 3.30.